The van der Waals surface area contributed by atoms with Gasteiger partial charge in [0.15, 0.2) is 5.69 Å². The molecule has 0 radical (unpaired) electrons. The Morgan fingerprint density at radius 3 is 2.59 bits per heavy atom. The Hall–Kier alpha value is -2.61. The Bertz CT molecular complexity index is 579. The first-order chi connectivity index (χ1) is 8.20. The molecule has 0 amide bonds. The molecule has 2 rings (SSSR count). The predicted octanol–water partition coefficient (Wildman–Crippen LogP) is 1.64. The van der Waals surface area contributed by atoms with Crippen LogP contribution in [0.4, 0.5) is 0 Å². The van der Waals surface area contributed by atoms with Crippen LogP contribution in [0, 0.1) is 11.3 Å². The Balaban J connectivity index is 2.27. The van der Waals surface area contributed by atoms with Crippen LogP contribution in [0.3, 0.4) is 0 Å². The van der Waals surface area contributed by atoms with Gasteiger partial charge >= 0.3 is 5.97 Å². The van der Waals surface area contributed by atoms with Gasteiger partial charge in [0, 0.05) is 6.20 Å². The average molecular weight is 227 g/mol. The first kappa shape index (κ1) is 10.9. The van der Waals surface area contributed by atoms with Gasteiger partial charge in [0.1, 0.15) is 0 Å². The van der Waals surface area contributed by atoms with Crippen molar-refractivity contribution in [1.29, 1.82) is 5.26 Å². The van der Waals surface area contributed by atoms with E-state index >= 15 is 0 Å². The van der Waals surface area contributed by atoms with Crippen molar-refractivity contribution < 1.29 is 9.90 Å². The number of nitrogens with zero attached hydrogens (tertiary/aromatic N) is 3. The minimum Gasteiger partial charge on any atom is -0.476 e. The zero-order chi connectivity index (χ0) is 12.3. The summed E-state index contributed by atoms with van der Waals surface area (Å²) in [6, 6.07) is 10.7. The summed E-state index contributed by atoms with van der Waals surface area (Å²) in [7, 11) is 0. The highest BCUT2D eigenvalue weighted by Gasteiger charge is 2.07. The number of carbonyl (C=O) groups is 1. The van der Waals surface area contributed by atoms with Crippen LogP contribution in [0.1, 0.15) is 16.1 Å². The van der Waals surface area contributed by atoms with E-state index in [0.29, 0.717) is 6.42 Å². The second-order valence-corrected chi connectivity index (χ2v) is 3.45. The number of hydrogen-bond donors (Lipinski definition) is 1. The third-order valence-corrected chi connectivity index (χ3v) is 2.29. The molecule has 0 aliphatic heterocycles. The molecule has 5 nitrogen and oxygen atoms in total. The van der Waals surface area contributed by atoms with Gasteiger partial charge in [-0.1, -0.05) is 12.1 Å². The molecule has 5 heteroatoms. The van der Waals surface area contributed by atoms with E-state index in [1.807, 2.05) is 12.1 Å². The highest BCUT2D eigenvalue weighted by Crippen LogP contribution is 2.10. The van der Waals surface area contributed by atoms with Crippen LogP contribution in [0.2, 0.25) is 0 Å². The summed E-state index contributed by atoms with van der Waals surface area (Å²) in [5.74, 6) is -1.05. The molecular weight excluding hydrogens is 218 g/mol. The summed E-state index contributed by atoms with van der Waals surface area (Å²) < 4.78 is 1.49. The molecule has 0 spiro atoms. The maximum atomic E-state index is 10.7. The lowest BCUT2D eigenvalue weighted by Crippen LogP contribution is -2.00. The lowest BCUT2D eigenvalue weighted by atomic mass is 10.1. The van der Waals surface area contributed by atoms with Crippen LogP contribution in [0.15, 0.2) is 36.5 Å². The molecule has 0 saturated heterocycles. The number of carboxylic acids is 1. The van der Waals surface area contributed by atoms with Gasteiger partial charge in [-0.15, -0.1) is 0 Å². The van der Waals surface area contributed by atoms with Gasteiger partial charge in [-0.05, 0) is 23.8 Å². The molecule has 1 N–H and O–H groups in total. The molecule has 0 bridgehead atoms. The van der Waals surface area contributed by atoms with Gasteiger partial charge < -0.3 is 5.11 Å². The van der Waals surface area contributed by atoms with Gasteiger partial charge in [0.05, 0.1) is 18.2 Å². The van der Waals surface area contributed by atoms with Crippen molar-refractivity contribution in [2.24, 2.45) is 0 Å². The molecular formula is C12H9N3O2. The highest BCUT2D eigenvalue weighted by atomic mass is 16.4. The summed E-state index contributed by atoms with van der Waals surface area (Å²) >= 11 is 0. The Labute approximate surface area is 97.5 Å². The first-order valence-electron chi connectivity index (χ1n) is 4.96. The summed E-state index contributed by atoms with van der Waals surface area (Å²) in [5.41, 5.74) is 1.69. The molecule has 17 heavy (non-hydrogen) atoms. The fraction of sp³-hybridized carbons (Fsp3) is 0.0833. The van der Waals surface area contributed by atoms with Crippen molar-refractivity contribution in [3.63, 3.8) is 0 Å². The standard InChI is InChI=1S/C12H9N3O2/c13-7-5-9-1-3-10(4-2-9)15-8-6-11(14-15)12(16)17/h1-4,6,8H,5H2,(H,16,17). The van der Waals surface area contributed by atoms with E-state index in [2.05, 4.69) is 11.2 Å². The topological polar surface area (TPSA) is 78.9 Å². The Kier molecular flexibility index (Phi) is 2.88. The van der Waals surface area contributed by atoms with Crippen molar-refractivity contribution in [3.05, 3.63) is 47.8 Å². The van der Waals surface area contributed by atoms with Crippen LogP contribution < -0.4 is 0 Å². The second-order valence-electron chi connectivity index (χ2n) is 3.45. The molecule has 0 unspecified atom stereocenters. The zero-order valence-electron chi connectivity index (χ0n) is 8.87. The summed E-state index contributed by atoms with van der Waals surface area (Å²) in [6.45, 7) is 0. The number of hydrogen-bond acceptors (Lipinski definition) is 3. The van der Waals surface area contributed by atoms with Crippen molar-refractivity contribution >= 4 is 5.97 Å². The largest absolute Gasteiger partial charge is 0.476 e. The van der Waals surface area contributed by atoms with Crippen LogP contribution in [-0.2, 0) is 6.42 Å². The van der Waals surface area contributed by atoms with E-state index in [9.17, 15) is 4.79 Å². The number of aromatic carboxylic acids is 1. The number of carboxylic acid groups (broad SMARTS) is 1. The van der Waals surface area contributed by atoms with Gasteiger partial charge in [-0.3, -0.25) is 0 Å². The monoisotopic (exact) mass is 227 g/mol. The van der Waals surface area contributed by atoms with Gasteiger partial charge in [-0.25, -0.2) is 9.48 Å². The number of rotatable bonds is 3. The molecule has 1 aromatic heterocycles. The second kappa shape index (κ2) is 4.49. The molecule has 2 aromatic rings. The van der Waals surface area contributed by atoms with Gasteiger partial charge in [0.2, 0.25) is 0 Å². The van der Waals surface area contributed by atoms with Crippen LogP contribution in [0.25, 0.3) is 5.69 Å². The molecule has 0 saturated carbocycles. The Morgan fingerprint density at radius 2 is 2.06 bits per heavy atom. The van der Waals surface area contributed by atoms with Crippen LogP contribution in [0.5, 0.6) is 0 Å². The van der Waals surface area contributed by atoms with Gasteiger partial charge in [0.25, 0.3) is 0 Å². The number of nitriles is 1. The molecule has 0 aliphatic rings. The van der Waals surface area contributed by atoms with Crippen molar-refractivity contribution in [2.45, 2.75) is 6.42 Å². The molecule has 0 aliphatic carbocycles. The van der Waals surface area contributed by atoms with Crippen molar-refractivity contribution in [1.82, 2.24) is 9.78 Å². The zero-order valence-corrected chi connectivity index (χ0v) is 8.87. The lowest BCUT2D eigenvalue weighted by Gasteiger charge is -2.01. The fourth-order valence-corrected chi connectivity index (χ4v) is 1.44. The predicted molar refractivity (Wildman–Crippen MR) is 59.8 cm³/mol. The maximum absolute atomic E-state index is 10.7. The minimum absolute atomic E-state index is 0.00565. The lowest BCUT2D eigenvalue weighted by molar-refractivity contribution is 0.0690. The summed E-state index contributed by atoms with van der Waals surface area (Å²) in [4.78, 5) is 10.7. The fourth-order valence-electron chi connectivity index (χ4n) is 1.44. The summed E-state index contributed by atoms with van der Waals surface area (Å²) in [5, 5.41) is 21.2. The SMILES string of the molecule is N#CCc1ccc(-n2ccc(C(=O)O)n2)cc1. The molecule has 0 atom stereocenters. The van der Waals surface area contributed by atoms with E-state index in [0.717, 1.165) is 11.3 Å². The van der Waals surface area contributed by atoms with Crippen molar-refractivity contribution in [3.8, 4) is 11.8 Å². The van der Waals surface area contributed by atoms with E-state index in [4.69, 9.17) is 10.4 Å². The van der Waals surface area contributed by atoms with E-state index in [1.165, 1.54) is 10.7 Å². The normalized spacial score (nSPS) is 9.82. The smallest absolute Gasteiger partial charge is 0.356 e. The van der Waals surface area contributed by atoms with E-state index < -0.39 is 5.97 Å². The highest BCUT2D eigenvalue weighted by molar-refractivity contribution is 5.85. The van der Waals surface area contributed by atoms with Crippen LogP contribution >= 0.6 is 0 Å². The third-order valence-electron chi connectivity index (χ3n) is 2.29. The van der Waals surface area contributed by atoms with E-state index in [-0.39, 0.29) is 5.69 Å². The maximum Gasteiger partial charge on any atom is 0.356 e. The van der Waals surface area contributed by atoms with Crippen LogP contribution in [-0.4, -0.2) is 20.9 Å². The quantitative estimate of drug-likeness (QED) is 0.864. The molecule has 0 fully saturated rings. The van der Waals surface area contributed by atoms with E-state index in [1.54, 1.807) is 18.3 Å². The average Bonchev–Trinajstić information content (AvgIpc) is 2.80. The Morgan fingerprint density at radius 1 is 1.35 bits per heavy atom. The van der Waals surface area contributed by atoms with Gasteiger partial charge in [-0.2, -0.15) is 10.4 Å². The number of benzene rings is 1. The van der Waals surface area contributed by atoms with Crippen molar-refractivity contribution in [2.75, 3.05) is 0 Å². The molecule has 84 valence electrons. The minimum atomic E-state index is -1.05. The first-order valence-corrected chi connectivity index (χ1v) is 4.96. The molecule has 1 aromatic carbocycles. The summed E-state index contributed by atoms with van der Waals surface area (Å²) in [6.07, 6.45) is 1.95. The number of aromatic nitrogens is 2. The molecule has 1 heterocycles. The third kappa shape index (κ3) is 2.32.